The lowest BCUT2D eigenvalue weighted by atomic mass is 10.2. The number of hydrogen-bond acceptors (Lipinski definition) is 4. The van der Waals surface area contributed by atoms with Gasteiger partial charge in [0.15, 0.2) is 18.1 Å². The van der Waals surface area contributed by atoms with E-state index in [-0.39, 0.29) is 13.9 Å². The summed E-state index contributed by atoms with van der Waals surface area (Å²) in [6.45, 7) is 0.824. The maximum atomic E-state index is 11.9. The van der Waals surface area contributed by atoms with Crippen LogP contribution in [0.3, 0.4) is 0 Å². The summed E-state index contributed by atoms with van der Waals surface area (Å²) in [6.07, 6.45) is 0.598. The summed E-state index contributed by atoms with van der Waals surface area (Å²) in [5, 5.41) is 3.45. The van der Waals surface area contributed by atoms with E-state index >= 15 is 0 Å². The Labute approximate surface area is 113 Å². The summed E-state index contributed by atoms with van der Waals surface area (Å²) >= 11 is 0. The third kappa shape index (κ3) is 2.89. The van der Waals surface area contributed by atoms with Crippen LogP contribution in [0.5, 0.6) is 11.5 Å². The van der Waals surface area contributed by atoms with E-state index in [0.29, 0.717) is 36.7 Å². The maximum Gasteiger partial charge on any atom is 0.265 e. The van der Waals surface area contributed by atoms with Crippen LogP contribution >= 0.6 is 9.47 Å². The number of hydrogen-bond donors (Lipinski definition) is 0. The minimum atomic E-state index is -0.116. The summed E-state index contributed by atoms with van der Waals surface area (Å²) in [5.41, 5.74) is 8.90. The lowest BCUT2D eigenvalue weighted by Crippen LogP contribution is -2.39. The number of rotatable bonds is 5. The van der Waals surface area contributed by atoms with Gasteiger partial charge in [0.25, 0.3) is 5.91 Å². The highest BCUT2D eigenvalue weighted by Gasteiger charge is 2.27. The molecule has 1 aromatic carbocycles. The topological polar surface area (TPSA) is 87.5 Å². The van der Waals surface area contributed by atoms with E-state index in [1.54, 1.807) is 23.1 Å². The molecule has 0 saturated heterocycles. The largest absolute Gasteiger partial charge is 0.478 e. The van der Waals surface area contributed by atoms with Crippen LogP contribution in [0, 0.1) is 0 Å². The van der Waals surface area contributed by atoms with Gasteiger partial charge in [0.05, 0.1) is 15.2 Å². The Bertz CT molecular complexity index is 536. The molecule has 1 heterocycles. The standard InChI is InChI=1S/C11H13N4O3P.H2/c12-14-13-5-2-6-15-8-3-1-4-9(18-19)11(8)17-7-10(15)16;/h1,3-4H,2,5-7,19H2;1H/i;1+2. The number of ether oxygens (including phenoxy) is 1. The Morgan fingerprint density at radius 2 is 2.47 bits per heavy atom. The fourth-order valence-corrected chi connectivity index (χ4v) is 2.08. The average Bonchev–Trinajstić information content (AvgIpc) is 2.44. The first kappa shape index (κ1) is 13.5. The zero-order valence-corrected chi connectivity index (χ0v) is 11.3. The highest BCUT2D eigenvalue weighted by Crippen LogP contribution is 2.40. The van der Waals surface area contributed by atoms with Crippen LogP contribution in [-0.4, -0.2) is 25.6 Å². The highest BCUT2D eigenvalue weighted by molar-refractivity contribution is 7.10. The van der Waals surface area contributed by atoms with Gasteiger partial charge in [-0.1, -0.05) is 11.2 Å². The zero-order valence-electron chi connectivity index (χ0n) is 10.2. The third-order valence-corrected chi connectivity index (χ3v) is 2.97. The van der Waals surface area contributed by atoms with Crippen molar-refractivity contribution in [1.82, 2.24) is 0 Å². The molecule has 1 aromatic rings. The summed E-state index contributed by atoms with van der Waals surface area (Å²) in [6, 6.07) is 5.35. The van der Waals surface area contributed by atoms with Gasteiger partial charge >= 0.3 is 0 Å². The fraction of sp³-hybridized carbons (Fsp3) is 0.364. The molecule has 0 N–H and O–H groups in total. The Morgan fingerprint density at radius 3 is 3.21 bits per heavy atom. The van der Waals surface area contributed by atoms with Gasteiger partial charge in [-0.15, -0.1) is 0 Å². The van der Waals surface area contributed by atoms with E-state index < -0.39 is 0 Å². The maximum absolute atomic E-state index is 11.9. The minimum Gasteiger partial charge on any atom is -0.478 e. The first-order chi connectivity index (χ1) is 9.27. The number of benzene rings is 1. The number of carbonyl (C=O) groups is 1. The lowest BCUT2D eigenvalue weighted by molar-refractivity contribution is -0.121. The number of nitrogens with zero attached hydrogens (tertiary/aromatic N) is 4. The van der Waals surface area contributed by atoms with Crippen LogP contribution in [0.1, 0.15) is 7.85 Å². The Hall–Kier alpha value is -1.97. The van der Waals surface area contributed by atoms with Crippen LogP contribution in [0.4, 0.5) is 5.69 Å². The van der Waals surface area contributed by atoms with Gasteiger partial charge in [0, 0.05) is 19.4 Å². The van der Waals surface area contributed by atoms with E-state index in [2.05, 4.69) is 19.5 Å². The van der Waals surface area contributed by atoms with Gasteiger partial charge in [0.2, 0.25) is 0 Å². The molecule has 0 spiro atoms. The summed E-state index contributed by atoms with van der Waals surface area (Å²) < 4.78 is 10.5. The van der Waals surface area contributed by atoms with Gasteiger partial charge in [-0.2, -0.15) is 0 Å². The lowest BCUT2D eigenvalue weighted by Gasteiger charge is -2.30. The Kier molecular flexibility index (Phi) is 4.44. The minimum absolute atomic E-state index is 0. The number of azide groups is 1. The summed E-state index contributed by atoms with van der Waals surface area (Å²) in [7, 11) is 2.16. The molecule has 0 saturated carbocycles. The molecule has 0 aromatic heterocycles. The van der Waals surface area contributed by atoms with Crippen LogP contribution in [0.2, 0.25) is 0 Å². The second-order valence-corrected chi connectivity index (χ2v) is 4.10. The highest BCUT2D eigenvalue weighted by atomic mass is 31.0. The molecule has 8 heteroatoms. The Morgan fingerprint density at radius 1 is 1.63 bits per heavy atom. The number of carbonyl (C=O) groups excluding carboxylic acids is 1. The summed E-state index contributed by atoms with van der Waals surface area (Å²) in [5.74, 6) is 1.00. The molecule has 1 unspecified atom stereocenters. The monoisotopic (exact) mass is 284 g/mol. The van der Waals surface area contributed by atoms with Crippen LogP contribution in [0.15, 0.2) is 23.3 Å². The first-order valence-corrected chi connectivity index (χ1v) is 6.19. The molecule has 1 amide bonds. The molecule has 7 nitrogen and oxygen atoms in total. The van der Waals surface area contributed by atoms with Crippen LogP contribution < -0.4 is 14.2 Å². The molecular formula is C11H15N4O3P. The third-order valence-electron chi connectivity index (χ3n) is 2.72. The smallest absolute Gasteiger partial charge is 0.265 e. The van der Waals surface area contributed by atoms with E-state index in [0.717, 1.165) is 0 Å². The van der Waals surface area contributed by atoms with Crippen molar-refractivity contribution >= 4 is 21.1 Å². The molecule has 2 rings (SSSR count). The van der Waals surface area contributed by atoms with Crippen molar-refractivity contribution in [2.45, 2.75) is 6.42 Å². The first-order valence-electron chi connectivity index (χ1n) is 5.71. The van der Waals surface area contributed by atoms with Gasteiger partial charge in [-0.25, -0.2) is 0 Å². The number of anilines is 1. The molecule has 1 atom stereocenters. The van der Waals surface area contributed by atoms with Gasteiger partial charge in [-0.05, 0) is 24.1 Å². The van der Waals surface area contributed by atoms with E-state index in [1.807, 2.05) is 0 Å². The second kappa shape index (κ2) is 6.27. The predicted octanol–water partition coefficient (Wildman–Crippen LogP) is 2.53. The summed E-state index contributed by atoms with van der Waals surface area (Å²) in [4.78, 5) is 16.2. The molecule has 0 aliphatic carbocycles. The van der Waals surface area contributed by atoms with E-state index in [9.17, 15) is 4.79 Å². The normalized spacial score (nSPS) is 13.3. The van der Waals surface area contributed by atoms with Crippen molar-refractivity contribution in [1.29, 1.82) is 0 Å². The SMILES string of the molecule is [3HH].[N-]=[N+]=NCCCN1C(=O)COc2c(OP)cccc21. The molecule has 0 fully saturated rings. The molecule has 102 valence electrons. The number of amides is 1. The quantitative estimate of drug-likeness (QED) is 0.273. The average molecular weight is 284 g/mol. The fourth-order valence-electron chi connectivity index (χ4n) is 1.89. The molecule has 1 aliphatic rings. The van der Waals surface area contributed by atoms with E-state index in [1.165, 1.54) is 0 Å². The molecule has 1 aliphatic heterocycles. The molecule has 0 radical (unpaired) electrons. The van der Waals surface area contributed by atoms with Gasteiger partial charge < -0.3 is 14.2 Å². The second-order valence-electron chi connectivity index (χ2n) is 3.86. The number of para-hydroxylation sites is 1. The van der Waals surface area contributed by atoms with Crippen molar-refractivity contribution in [2.75, 3.05) is 24.6 Å². The van der Waals surface area contributed by atoms with Crippen molar-refractivity contribution in [2.24, 2.45) is 5.11 Å². The number of fused-ring (bicyclic) bond motifs is 1. The van der Waals surface area contributed by atoms with Crippen LogP contribution in [-0.2, 0) is 4.79 Å². The Balaban J connectivity index is 0.00000200. The van der Waals surface area contributed by atoms with Gasteiger partial charge in [0.1, 0.15) is 0 Å². The van der Waals surface area contributed by atoms with E-state index in [4.69, 9.17) is 14.8 Å². The van der Waals surface area contributed by atoms with Crippen LogP contribution in [0.25, 0.3) is 10.4 Å². The van der Waals surface area contributed by atoms with Crippen molar-refractivity contribution in [3.05, 3.63) is 28.6 Å². The molecular weight excluding hydrogens is 267 g/mol. The molecule has 0 bridgehead atoms. The predicted molar refractivity (Wildman–Crippen MR) is 75.4 cm³/mol. The zero-order chi connectivity index (χ0) is 13.7. The van der Waals surface area contributed by atoms with Crippen molar-refractivity contribution in [3.8, 4) is 11.5 Å². The van der Waals surface area contributed by atoms with Crippen molar-refractivity contribution in [3.63, 3.8) is 0 Å². The van der Waals surface area contributed by atoms with Crippen molar-refractivity contribution < 1.29 is 15.5 Å². The molecule has 19 heavy (non-hydrogen) atoms. The van der Waals surface area contributed by atoms with Gasteiger partial charge in [-0.3, -0.25) is 4.79 Å².